The molecule has 2 rings (SSSR count). The van der Waals surface area contributed by atoms with Crippen molar-refractivity contribution in [1.82, 2.24) is 4.98 Å². The van der Waals surface area contributed by atoms with Crippen LogP contribution in [0.4, 0.5) is 11.5 Å². The highest BCUT2D eigenvalue weighted by Gasteiger charge is 2.24. The van der Waals surface area contributed by atoms with Crippen molar-refractivity contribution in [3.63, 3.8) is 0 Å². The molecular formula is C12H17N3O3. The molecule has 1 saturated heterocycles. The molecule has 1 aliphatic rings. The molecule has 1 aromatic heterocycles. The molecule has 98 valence electrons. The van der Waals surface area contributed by atoms with E-state index in [1.165, 1.54) is 12.3 Å². The summed E-state index contributed by atoms with van der Waals surface area (Å²) < 4.78 is 0. The van der Waals surface area contributed by atoms with Crippen LogP contribution in [0.5, 0.6) is 0 Å². The van der Waals surface area contributed by atoms with Gasteiger partial charge in [-0.15, -0.1) is 0 Å². The minimum absolute atomic E-state index is 0.136. The zero-order valence-electron chi connectivity index (χ0n) is 10.3. The van der Waals surface area contributed by atoms with E-state index in [-0.39, 0.29) is 17.8 Å². The van der Waals surface area contributed by atoms with E-state index in [1.807, 2.05) is 6.92 Å². The highest BCUT2D eigenvalue weighted by Crippen LogP contribution is 2.25. The summed E-state index contributed by atoms with van der Waals surface area (Å²) in [4.78, 5) is 16.0. The van der Waals surface area contributed by atoms with Gasteiger partial charge in [0, 0.05) is 25.1 Å². The van der Waals surface area contributed by atoms with Crippen molar-refractivity contribution in [1.29, 1.82) is 0 Å². The number of pyridine rings is 1. The molecule has 1 N–H and O–H groups in total. The third kappa shape index (κ3) is 2.76. The summed E-state index contributed by atoms with van der Waals surface area (Å²) in [7, 11) is 0. The Morgan fingerprint density at radius 3 is 2.94 bits per heavy atom. The Balaban J connectivity index is 2.09. The lowest BCUT2D eigenvalue weighted by Crippen LogP contribution is -2.39. The largest absolute Gasteiger partial charge is 0.393 e. The Bertz CT molecular complexity index is 419. The number of aromatic nitrogens is 1. The fourth-order valence-corrected chi connectivity index (χ4v) is 2.31. The van der Waals surface area contributed by atoms with Crippen molar-refractivity contribution in [3.05, 3.63) is 28.4 Å². The molecule has 0 saturated carbocycles. The van der Waals surface area contributed by atoms with Gasteiger partial charge in [-0.3, -0.25) is 0 Å². The minimum Gasteiger partial charge on any atom is -0.393 e. The molecular weight excluding hydrogens is 234 g/mol. The van der Waals surface area contributed by atoms with Gasteiger partial charge in [0.05, 0.1) is 11.8 Å². The van der Waals surface area contributed by atoms with E-state index in [1.54, 1.807) is 6.07 Å². The topological polar surface area (TPSA) is 79.5 Å². The van der Waals surface area contributed by atoms with Gasteiger partial charge in [-0.1, -0.05) is 0 Å². The highest BCUT2D eigenvalue weighted by atomic mass is 16.6. The molecule has 0 bridgehead atoms. The van der Waals surface area contributed by atoms with E-state index in [0.29, 0.717) is 0 Å². The maximum absolute atomic E-state index is 10.5. The molecule has 1 fully saturated rings. The molecule has 0 radical (unpaired) electrons. The summed E-state index contributed by atoms with van der Waals surface area (Å²) >= 11 is 0. The minimum atomic E-state index is -0.501. The van der Waals surface area contributed by atoms with Gasteiger partial charge in [-0.05, 0) is 35.7 Å². The SMILES string of the molecule is CC(O)C1CCCN(c2ccc([N+](=O)[O-])nc2)C1. The first-order chi connectivity index (χ1) is 8.58. The third-order valence-corrected chi connectivity index (χ3v) is 3.42. The maximum Gasteiger partial charge on any atom is 0.363 e. The zero-order valence-corrected chi connectivity index (χ0v) is 10.3. The molecule has 0 amide bonds. The average molecular weight is 251 g/mol. The van der Waals surface area contributed by atoms with Gasteiger partial charge in [0.1, 0.15) is 0 Å². The van der Waals surface area contributed by atoms with Crippen molar-refractivity contribution in [2.24, 2.45) is 5.92 Å². The van der Waals surface area contributed by atoms with Crippen LogP contribution in [-0.2, 0) is 0 Å². The monoisotopic (exact) mass is 251 g/mol. The first-order valence-corrected chi connectivity index (χ1v) is 6.11. The second kappa shape index (κ2) is 5.30. The number of aliphatic hydroxyl groups excluding tert-OH is 1. The smallest absolute Gasteiger partial charge is 0.363 e. The van der Waals surface area contributed by atoms with Crippen LogP contribution in [0.1, 0.15) is 19.8 Å². The van der Waals surface area contributed by atoms with Crippen LogP contribution in [0, 0.1) is 16.0 Å². The number of anilines is 1. The predicted octanol–water partition coefficient (Wildman–Crippen LogP) is 1.59. The van der Waals surface area contributed by atoms with Gasteiger partial charge >= 0.3 is 5.82 Å². The van der Waals surface area contributed by atoms with Crippen LogP contribution in [-0.4, -0.2) is 34.2 Å². The molecule has 2 heterocycles. The fraction of sp³-hybridized carbons (Fsp3) is 0.583. The normalized spacial score (nSPS) is 21.7. The molecule has 6 heteroatoms. The maximum atomic E-state index is 10.5. The van der Waals surface area contributed by atoms with E-state index in [9.17, 15) is 15.2 Å². The number of nitro groups is 1. The van der Waals surface area contributed by atoms with Crippen molar-refractivity contribution in [3.8, 4) is 0 Å². The van der Waals surface area contributed by atoms with Crippen LogP contribution in [0.3, 0.4) is 0 Å². The molecule has 18 heavy (non-hydrogen) atoms. The van der Waals surface area contributed by atoms with Gasteiger partial charge in [-0.2, -0.15) is 0 Å². The molecule has 1 aromatic rings. The second-order valence-electron chi connectivity index (χ2n) is 4.72. The zero-order chi connectivity index (χ0) is 13.1. The lowest BCUT2D eigenvalue weighted by Gasteiger charge is -2.35. The molecule has 2 unspecified atom stereocenters. The first kappa shape index (κ1) is 12.8. The van der Waals surface area contributed by atoms with Gasteiger partial charge in [-0.25, -0.2) is 0 Å². The Morgan fingerprint density at radius 2 is 2.39 bits per heavy atom. The van der Waals surface area contributed by atoms with Crippen molar-refractivity contribution < 1.29 is 10.0 Å². The number of rotatable bonds is 3. The average Bonchev–Trinajstić information content (AvgIpc) is 2.39. The standard InChI is InChI=1S/C12H17N3O3/c1-9(16)10-3-2-6-14(8-10)11-4-5-12(13-7-11)15(17)18/h4-5,7,9-10,16H,2-3,6,8H2,1H3. The summed E-state index contributed by atoms with van der Waals surface area (Å²) in [5, 5.41) is 20.2. The number of piperidine rings is 1. The van der Waals surface area contributed by atoms with E-state index >= 15 is 0 Å². The van der Waals surface area contributed by atoms with Crippen LogP contribution >= 0.6 is 0 Å². The Kier molecular flexibility index (Phi) is 3.76. The summed E-state index contributed by atoms with van der Waals surface area (Å²) in [6.07, 6.45) is 3.25. The van der Waals surface area contributed by atoms with Crippen molar-refractivity contribution >= 4 is 11.5 Å². The van der Waals surface area contributed by atoms with Crippen molar-refractivity contribution in [2.45, 2.75) is 25.9 Å². The molecule has 1 aliphatic heterocycles. The summed E-state index contributed by atoms with van der Waals surface area (Å²) in [5.41, 5.74) is 0.881. The van der Waals surface area contributed by atoms with E-state index < -0.39 is 4.92 Å². The number of hydrogen-bond acceptors (Lipinski definition) is 5. The summed E-state index contributed by atoms with van der Waals surface area (Å²) in [6, 6.07) is 3.14. The summed E-state index contributed by atoms with van der Waals surface area (Å²) in [5.74, 6) is 0.122. The predicted molar refractivity (Wildman–Crippen MR) is 67.5 cm³/mol. The highest BCUT2D eigenvalue weighted by molar-refractivity contribution is 5.46. The molecule has 0 aromatic carbocycles. The van der Waals surface area contributed by atoms with Crippen LogP contribution in [0.15, 0.2) is 18.3 Å². The van der Waals surface area contributed by atoms with Crippen LogP contribution < -0.4 is 4.90 Å². The second-order valence-corrected chi connectivity index (χ2v) is 4.72. The van der Waals surface area contributed by atoms with E-state index in [4.69, 9.17) is 0 Å². The lowest BCUT2D eigenvalue weighted by molar-refractivity contribution is -0.389. The van der Waals surface area contributed by atoms with Crippen LogP contribution in [0.25, 0.3) is 0 Å². The van der Waals surface area contributed by atoms with E-state index in [0.717, 1.165) is 31.6 Å². The lowest BCUT2D eigenvalue weighted by atomic mass is 9.93. The third-order valence-electron chi connectivity index (χ3n) is 3.42. The first-order valence-electron chi connectivity index (χ1n) is 6.11. The Morgan fingerprint density at radius 1 is 1.61 bits per heavy atom. The quantitative estimate of drug-likeness (QED) is 0.651. The molecule has 2 atom stereocenters. The number of hydrogen-bond donors (Lipinski definition) is 1. The van der Waals surface area contributed by atoms with Gasteiger partial charge in [0.2, 0.25) is 0 Å². The van der Waals surface area contributed by atoms with E-state index in [2.05, 4.69) is 9.88 Å². The number of nitrogens with zero attached hydrogens (tertiary/aromatic N) is 3. The van der Waals surface area contributed by atoms with Crippen LogP contribution in [0.2, 0.25) is 0 Å². The summed E-state index contributed by atoms with van der Waals surface area (Å²) in [6.45, 7) is 3.49. The van der Waals surface area contributed by atoms with Gasteiger partial charge in [0.25, 0.3) is 0 Å². The van der Waals surface area contributed by atoms with Gasteiger partial charge in [0.15, 0.2) is 6.20 Å². The molecule has 6 nitrogen and oxygen atoms in total. The van der Waals surface area contributed by atoms with Crippen molar-refractivity contribution in [2.75, 3.05) is 18.0 Å². The Labute approximate surface area is 105 Å². The molecule has 0 spiro atoms. The van der Waals surface area contributed by atoms with Gasteiger partial charge < -0.3 is 20.1 Å². The molecule has 0 aliphatic carbocycles. The Hall–Kier alpha value is -1.69. The fourth-order valence-electron chi connectivity index (χ4n) is 2.31. The number of aliphatic hydroxyl groups is 1.